The molecule has 0 aromatic heterocycles. The Hall–Kier alpha value is 0.540. The SMILES string of the molecule is CCOCCOSSOCCOCC. The van der Waals surface area contributed by atoms with Crippen LogP contribution in [0.5, 0.6) is 0 Å². The molecule has 0 saturated heterocycles. The van der Waals surface area contributed by atoms with Crippen LogP contribution < -0.4 is 0 Å². The van der Waals surface area contributed by atoms with E-state index in [1.165, 1.54) is 22.1 Å². The van der Waals surface area contributed by atoms with Crippen molar-refractivity contribution in [3.05, 3.63) is 0 Å². The fraction of sp³-hybridized carbons (Fsp3) is 1.00. The van der Waals surface area contributed by atoms with Gasteiger partial charge in [0, 0.05) is 13.2 Å². The van der Waals surface area contributed by atoms with Gasteiger partial charge in [0.25, 0.3) is 0 Å². The van der Waals surface area contributed by atoms with E-state index in [4.69, 9.17) is 17.8 Å². The maximum Gasteiger partial charge on any atom is 0.0926 e. The number of ether oxygens (including phenoxy) is 2. The van der Waals surface area contributed by atoms with E-state index in [1.54, 1.807) is 0 Å². The van der Waals surface area contributed by atoms with Crippen LogP contribution in [-0.2, 0) is 17.8 Å². The highest BCUT2D eigenvalue weighted by Gasteiger charge is 1.92. The quantitative estimate of drug-likeness (QED) is 0.314. The van der Waals surface area contributed by atoms with Crippen LogP contribution in [0, 0.1) is 0 Å². The largest absolute Gasteiger partial charge is 0.379 e. The van der Waals surface area contributed by atoms with Crippen LogP contribution in [-0.4, -0.2) is 39.6 Å². The van der Waals surface area contributed by atoms with E-state index in [0.717, 1.165) is 13.2 Å². The normalized spacial score (nSPS) is 10.7. The third kappa shape index (κ3) is 12.5. The highest BCUT2D eigenvalue weighted by molar-refractivity contribution is 8.73. The second kappa shape index (κ2) is 13.5. The third-order valence-corrected chi connectivity index (χ3v) is 2.48. The lowest BCUT2D eigenvalue weighted by Gasteiger charge is -2.02. The van der Waals surface area contributed by atoms with Gasteiger partial charge in [-0.2, -0.15) is 0 Å². The molecular weight excluding hydrogens is 224 g/mol. The first-order chi connectivity index (χ1) is 6.91. The molecule has 0 aromatic carbocycles. The Labute approximate surface area is 93.8 Å². The van der Waals surface area contributed by atoms with Gasteiger partial charge in [0.1, 0.15) is 0 Å². The predicted octanol–water partition coefficient (Wildman–Crippen LogP) is 2.30. The highest BCUT2D eigenvalue weighted by atomic mass is 33.1. The molecule has 0 bridgehead atoms. The molecule has 0 aromatic rings. The molecule has 0 aliphatic carbocycles. The maximum absolute atomic E-state index is 5.13. The summed E-state index contributed by atoms with van der Waals surface area (Å²) in [6.45, 7) is 7.79. The summed E-state index contributed by atoms with van der Waals surface area (Å²) >= 11 is 2.44. The Morgan fingerprint density at radius 2 is 1.14 bits per heavy atom. The molecule has 14 heavy (non-hydrogen) atoms. The molecule has 0 fully saturated rings. The highest BCUT2D eigenvalue weighted by Crippen LogP contribution is 2.22. The summed E-state index contributed by atoms with van der Waals surface area (Å²) in [5.41, 5.74) is 0. The molecule has 0 atom stereocenters. The Balaban J connectivity index is 2.78. The number of hydrogen-bond donors (Lipinski definition) is 0. The van der Waals surface area contributed by atoms with Gasteiger partial charge in [-0.3, -0.25) is 0 Å². The summed E-state index contributed by atoms with van der Waals surface area (Å²) in [6.07, 6.45) is 0. The Kier molecular flexibility index (Phi) is 14.1. The monoisotopic (exact) mass is 242 g/mol. The standard InChI is InChI=1S/C8H18O4S2/c1-3-9-5-7-11-13-14-12-8-6-10-4-2/h3-8H2,1-2H3. The van der Waals surface area contributed by atoms with Crippen molar-refractivity contribution in [2.24, 2.45) is 0 Å². The summed E-state index contributed by atoms with van der Waals surface area (Å²) in [5, 5.41) is 0. The lowest BCUT2D eigenvalue weighted by atomic mass is 10.8. The summed E-state index contributed by atoms with van der Waals surface area (Å²) in [5.74, 6) is 0. The average molecular weight is 242 g/mol. The molecule has 0 rings (SSSR count). The van der Waals surface area contributed by atoms with Gasteiger partial charge in [0.2, 0.25) is 0 Å². The number of hydrogen-bond acceptors (Lipinski definition) is 6. The minimum absolute atomic E-state index is 0.584. The molecule has 0 heterocycles. The summed E-state index contributed by atoms with van der Waals surface area (Å²) < 4.78 is 20.4. The molecular formula is C8H18O4S2. The van der Waals surface area contributed by atoms with E-state index in [9.17, 15) is 0 Å². The molecule has 0 aliphatic heterocycles. The summed E-state index contributed by atoms with van der Waals surface area (Å²) in [4.78, 5) is 0. The molecule has 86 valence electrons. The van der Waals surface area contributed by atoms with Crippen molar-refractivity contribution >= 4 is 22.1 Å². The molecule has 0 amide bonds. The molecule has 0 spiro atoms. The van der Waals surface area contributed by atoms with Gasteiger partial charge >= 0.3 is 0 Å². The van der Waals surface area contributed by atoms with Gasteiger partial charge in [0.15, 0.2) is 0 Å². The van der Waals surface area contributed by atoms with Crippen molar-refractivity contribution in [2.45, 2.75) is 13.8 Å². The zero-order valence-corrected chi connectivity index (χ0v) is 10.3. The van der Waals surface area contributed by atoms with E-state index >= 15 is 0 Å². The second-order valence-corrected chi connectivity index (χ2v) is 3.73. The van der Waals surface area contributed by atoms with Gasteiger partial charge in [-0.15, -0.1) is 0 Å². The molecule has 0 N–H and O–H groups in total. The van der Waals surface area contributed by atoms with Crippen molar-refractivity contribution in [1.82, 2.24) is 0 Å². The van der Waals surface area contributed by atoms with Gasteiger partial charge < -0.3 is 17.8 Å². The van der Waals surface area contributed by atoms with Crippen LogP contribution in [0.15, 0.2) is 0 Å². The van der Waals surface area contributed by atoms with E-state index in [2.05, 4.69) is 0 Å². The smallest absolute Gasteiger partial charge is 0.0926 e. The van der Waals surface area contributed by atoms with Gasteiger partial charge in [0.05, 0.1) is 48.6 Å². The summed E-state index contributed by atoms with van der Waals surface area (Å²) in [6, 6.07) is 0. The minimum Gasteiger partial charge on any atom is -0.379 e. The topological polar surface area (TPSA) is 36.9 Å². The first kappa shape index (κ1) is 14.5. The zero-order chi connectivity index (χ0) is 10.5. The molecule has 0 aliphatic rings. The van der Waals surface area contributed by atoms with Gasteiger partial charge in [-0.25, -0.2) is 0 Å². The maximum atomic E-state index is 5.13. The van der Waals surface area contributed by atoms with Crippen LogP contribution >= 0.6 is 22.1 Å². The van der Waals surface area contributed by atoms with Crippen LogP contribution in [0.4, 0.5) is 0 Å². The van der Waals surface area contributed by atoms with Crippen LogP contribution in [0.2, 0.25) is 0 Å². The average Bonchev–Trinajstić information content (AvgIpc) is 2.21. The van der Waals surface area contributed by atoms with Crippen molar-refractivity contribution in [3.8, 4) is 0 Å². The predicted molar refractivity (Wildman–Crippen MR) is 60.1 cm³/mol. The molecule has 0 saturated carbocycles. The van der Waals surface area contributed by atoms with Crippen LogP contribution in [0.3, 0.4) is 0 Å². The van der Waals surface area contributed by atoms with E-state index in [-0.39, 0.29) is 0 Å². The van der Waals surface area contributed by atoms with Crippen molar-refractivity contribution in [3.63, 3.8) is 0 Å². The first-order valence-corrected chi connectivity index (χ1v) is 6.65. The van der Waals surface area contributed by atoms with Crippen LogP contribution in [0.25, 0.3) is 0 Å². The minimum atomic E-state index is 0.584. The third-order valence-electron chi connectivity index (χ3n) is 1.15. The Morgan fingerprint density at radius 1 is 0.714 bits per heavy atom. The first-order valence-electron chi connectivity index (χ1n) is 4.65. The van der Waals surface area contributed by atoms with Crippen LogP contribution in [0.1, 0.15) is 13.8 Å². The van der Waals surface area contributed by atoms with Crippen molar-refractivity contribution < 1.29 is 17.8 Å². The molecule has 0 radical (unpaired) electrons. The lowest BCUT2D eigenvalue weighted by Crippen LogP contribution is -2.00. The molecule has 6 heteroatoms. The summed E-state index contributed by atoms with van der Waals surface area (Å²) in [7, 11) is 0. The fourth-order valence-electron chi connectivity index (χ4n) is 0.582. The fourth-order valence-corrected chi connectivity index (χ4v) is 1.58. The zero-order valence-electron chi connectivity index (χ0n) is 8.69. The molecule has 4 nitrogen and oxygen atoms in total. The Bertz CT molecular complexity index is 93.3. The van der Waals surface area contributed by atoms with Gasteiger partial charge in [-0.1, -0.05) is 0 Å². The van der Waals surface area contributed by atoms with E-state index in [0.29, 0.717) is 26.4 Å². The second-order valence-electron chi connectivity index (χ2n) is 2.17. The van der Waals surface area contributed by atoms with Gasteiger partial charge in [-0.05, 0) is 13.8 Å². The van der Waals surface area contributed by atoms with Crippen molar-refractivity contribution in [1.29, 1.82) is 0 Å². The van der Waals surface area contributed by atoms with E-state index < -0.39 is 0 Å². The Morgan fingerprint density at radius 3 is 1.50 bits per heavy atom. The van der Waals surface area contributed by atoms with Crippen molar-refractivity contribution in [2.75, 3.05) is 39.6 Å². The molecule has 0 unspecified atom stereocenters. The lowest BCUT2D eigenvalue weighted by molar-refractivity contribution is 0.116. The van der Waals surface area contributed by atoms with E-state index in [1.807, 2.05) is 13.8 Å². The number of rotatable bonds is 11.